The Morgan fingerprint density at radius 2 is 1.25 bits per heavy atom. The van der Waals surface area contributed by atoms with Crippen molar-refractivity contribution in [1.29, 1.82) is 0 Å². The van der Waals surface area contributed by atoms with E-state index in [1.807, 2.05) is 91.0 Å². The number of hydrogen-bond donors (Lipinski definition) is 2. The van der Waals surface area contributed by atoms with Gasteiger partial charge in [0.25, 0.3) is 0 Å². The van der Waals surface area contributed by atoms with E-state index in [1.54, 1.807) is 75.4 Å². The predicted octanol–water partition coefficient (Wildman–Crippen LogP) is 9.85. The smallest absolute Gasteiger partial charge is 0.408 e. The van der Waals surface area contributed by atoms with Crippen molar-refractivity contribution in [1.82, 2.24) is 10.6 Å². The topological polar surface area (TPSA) is 137 Å². The number of alkyl carbamates (subject to hydrolysis) is 1. The Bertz CT molecular complexity index is 2170. The highest BCUT2D eigenvalue weighted by molar-refractivity contribution is 8.14. The molecular weight excluding hydrogens is 784 g/mol. The molecule has 0 fully saturated rings. The highest BCUT2D eigenvalue weighted by Gasteiger charge is 2.42. The van der Waals surface area contributed by atoms with E-state index in [1.165, 1.54) is 6.92 Å². The molecule has 12 heteroatoms. The van der Waals surface area contributed by atoms with E-state index in [0.717, 1.165) is 34.0 Å². The maximum absolute atomic E-state index is 15.7. The number of esters is 1. The summed E-state index contributed by atoms with van der Waals surface area (Å²) in [5.74, 6) is -3.30. The highest BCUT2D eigenvalue weighted by atomic mass is 32.2. The first-order valence-electron chi connectivity index (χ1n) is 19.4. The van der Waals surface area contributed by atoms with Crippen LogP contribution in [-0.2, 0) is 41.2 Å². The van der Waals surface area contributed by atoms with E-state index in [2.05, 4.69) is 10.6 Å². The van der Waals surface area contributed by atoms with Gasteiger partial charge in [-0.05, 0) is 61.9 Å². The second-order valence-electron chi connectivity index (χ2n) is 15.0. The molecule has 2 amide bonds. The van der Waals surface area contributed by atoms with Crippen molar-refractivity contribution in [2.24, 2.45) is 5.92 Å². The SMILES string of the molecule is C[C@H](NC(=O)[C@H](Cc1ccc(-c2ccccc2)cc1)CP(=O)(OCCSC(=O)c1ccccc1)[C@@H](NC(=O)OC(C)(C)C)c1ccccc1)C(=O)OCc1ccccc1. The molecule has 308 valence electrons. The zero-order valence-electron chi connectivity index (χ0n) is 33.7. The van der Waals surface area contributed by atoms with Crippen LogP contribution >= 0.6 is 19.1 Å². The molecule has 5 aromatic rings. The third kappa shape index (κ3) is 14.1. The minimum atomic E-state index is -4.14. The van der Waals surface area contributed by atoms with Crippen LogP contribution in [0.2, 0.25) is 0 Å². The van der Waals surface area contributed by atoms with Crippen LogP contribution in [0, 0.1) is 5.92 Å². The maximum Gasteiger partial charge on any atom is 0.408 e. The normalized spacial score (nSPS) is 13.8. The lowest BCUT2D eigenvalue weighted by molar-refractivity contribution is -0.148. The Kier molecular flexibility index (Phi) is 16.3. The van der Waals surface area contributed by atoms with Crippen LogP contribution in [-0.4, -0.2) is 53.2 Å². The van der Waals surface area contributed by atoms with E-state index < -0.39 is 48.7 Å². The van der Waals surface area contributed by atoms with Crippen LogP contribution < -0.4 is 10.6 Å². The van der Waals surface area contributed by atoms with E-state index >= 15 is 4.57 Å². The molecule has 59 heavy (non-hydrogen) atoms. The molecule has 10 nitrogen and oxygen atoms in total. The number of rotatable bonds is 18. The Hall–Kier alpha value is -5.48. The Morgan fingerprint density at radius 1 is 0.695 bits per heavy atom. The van der Waals surface area contributed by atoms with Crippen molar-refractivity contribution in [3.8, 4) is 11.1 Å². The summed E-state index contributed by atoms with van der Waals surface area (Å²) in [6.07, 6.45) is -1.04. The van der Waals surface area contributed by atoms with Gasteiger partial charge in [-0.1, -0.05) is 157 Å². The lowest BCUT2D eigenvalue weighted by Gasteiger charge is -2.32. The zero-order chi connectivity index (χ0) is 42.3. The number of nitrogens with one attached hydrogen (secondary N) is 2. The van der Waals surface area contributed by atoms with Crippen molar-refractivity contribution in [2.75, 3.05) is 18.5 Å². The Morgan fingerprint density at radius 3 is 1.86 bits per heavy atom. The molecule has 0 bridgehead atoms. The van der Waals surface area contributed by atoms with E-state index in [9.17, 15) is 19.2 Å². The number of carbonyl (C=O) groups is 4. The molecule has 5 aromatic carbocycles. The summed E-state index contributed by atoms with van der Waals surface area (Å²) >= 11 is 1.01. The maximum atomic E-state index is 15.7. The van der Waals surface area contributed by atoms with Gasteiger partial charge >= 0.3 is 12.1 Å². The summed E-state index contributed by atoms with van der Waals surface area (Å²) in [5, 5.41) is 5.42. The van der Waals surface area contributed by atoms with Crippen molar-refractivity contribution >= 4 is 42.2 Å². The number of thioether (sulfide) groups is 1. The molecule has 0 saturated heterocycles. The van der Waals surface area contributed by atoms with Gasteiger partial charge in [-0.2, -0.15) is 0 Å². The second kappa shape index (κ2) is 21.5. The summed E-state index contributed by atoms with van der Waals surface area (Å²) in [7, 11) is -4.14. The van der Waals surface area contributed by atoms with E-state index in [4.69, 9.17) is 14.0 Å². The molecule has 0 aromatic heterocycles. The molecular formula is C47H51N2O8PS. The molecule has 0 aliphatic rings. The van der Waals surface area contributed by atoms with Crippen LogP contribution in [0.25, 0.3) is 11.1 Å². The van der Waals surface area contributed by atoms with Gasteiger partial charge in [-0.15, -0.1) is 0 Å². The summed E-state index contributed by atoms with van der Waals surface area (Å²) < 4.78 is 33.2. The minimum absolute atomic E-state index is 0.0278. The highest BCUT2D eigenvalue weighted by Crippen LogP contribution is 2.60. The summed E-state index contributed by atoms with van der Waals surface area (Å²) in [6, 6.07) is 43.3. The van der Waals surface area contributed by atoms with Crippen LogP contribution in [0.4, 0.5) is 4.79 Å². The Balaban J connectivity index is 1.46. The molecule has 0 heterocycles. The van der Waals surface area contributed by atoms with Crippen molar-refractivity contribution in [3.63, 3.8) is 0 Å². The molecule has 4 atom stereocenters. The first-order chi connectivity index (χ1) is 28.3. The molecule has 0 aliphatic carbocycles. The first-order valence-corrected chi connectivity index (χ1v) is 22.3. The van der Waals surface area contributed by atoms with Crippen molar-refractivity contribution in [3.05, 3.63) is 168 Å². The van der Waals surface area contributed by atoms with Gasteiger partial charge in [0.2, 0.25) is 18.4 Å². The second-order valence-corrected chi connectivity index (χ2v) is 18.7. The number of carbonyl (C=O) groups excluding carboxylic acids is 4. The lowest BCUT2D eigenvalue weighted by atomic mass is 9.97. The third-order valence-corrected chi connectivity index (χ3v) is 12.8. The molecule has 0 aliphatic heterocycles. The number of benzene rings is 5. The molecule has 5 rings (SSSR count). The fraction of sp³-hybridized carbons (Fsp3) is 0.277. The average Bonchev–Trinajstić information content (AvgIpc) is 3.24. The van der Waals surface area contributed by atoms with Gasteiger partial charge in [0, 0.05) is 17.5 Å². The molecule has 0 saturated carbocycles. The molecule has 0 spiro atoms. The van der Waals surface area contributed by atoms with E-state index in [-0.39, 0.29) is 36.7 Å². The third-order valence-electron chi connectivity index (χ3n) is 9.12. The van der Waals surface area contributed by atoms with Gasteiger partial charge in [0.05, 0.1) is 12.5 Å². The standard InChI is InChI=1S/C47H51N2O8PS/c1-34(44(51)55-32-36-17-9-5-10-18-36)48-42(50)41(31-35-25-27-38(28-26-35)37-19-11-6-12-20-37)33-58(54,56-29-30-59-45(52)40-23-15-8-16-24-40)43(39-21-13-7-14-22-39)49-46(53)57-47(2,3)4/h5-28,34,41,43H,29-33H2,1-4H3,(H,48,50)(H,49,53)/t34-,41+,43+,58?/m0/s1. The van der Waals surface area contributed by atoms with Crippen LogP contribution in [0.5, 0.6) is 0 Å². The zero-order valence-corrected chi connectivity index (χ0v) is 35.5. The lowest BCUT2D eigenvalue weighted by Crippen LogP contribution is -2.44. The summed E-state index contributed by atoms with van der Waals surface area (Å²) in [4.78, 5) is 53.9. The molecule has 0 radical (unpaired) electrons. The van der Waals surface area contributed by atoms with Gasteiger partial charge in [-0.25, -0.2) is 9.59 Å². The number of ether oxygens (including phenoxy) is 2. The van der Waals surface area contributed by atoms with Crippen molar-refractivity contribution < 1.29 is 37.7 Å². The van der Waals surface area contributed by atoms with E-state index in [0.29, 0.717) is 11.1 Å². The predicted molar refractivity (Wildman–Crippen MR) is 233 cm³/mol. The van der Waals surface area contributed by atoms with Gasteiger partial charge in [0.1, 0.15) is 24.0 Å². The largest absolute Gasteiger partial charge is 0.459 e. The van der Waals surface area contributed by atoms with Crippen molar-refractivity contribution in [2.45, 2.75) is 58.1 Å². The summed E-state index contributed by atoms with van der Waals surface area (Å²) in [5.41, 5.74) is 3.69. The fourth-order valence-corrected chi connectivity index (χ4v) is 9.70. The van der Waals surface area contributed by atoms with Crippen LogP contribution in [0.15, 0.2) is 146 Å². The quantitative estimate of drug-likeness (QED) is 0.0502. The van der Waals surface area contributed by atoms with Gasteiger partial charge in [-0.3, -0.25) is 14.2 Å². The van der Waals surface area contributed by atoms with Crippen LogP contribution in [0.3, 0.4) is 0 Å². The fourth-order valence-electron chi connectivity index (χ4n) is 6.22. The summed E-state index contributed by atoms with van der Waals surface area (Å²) in [6.45, 7) is 6.58. The monoisotopic (exact) mass is 834 g/mol. The van der Waals surface area contributed by atoms with Gasteiger partial charge < -0.3 is 24.6 Å². The van der Waals surface area contributed by atoms with Crippen LogP contribution in [0.1, 0.15) is 60.5 Å². The van der Waals surface area contributed by atoms with Gasteiger partial charge in [0.15, 0.2) is 0 Å². The Labute approximate surface area is 350 Å². The number of hydrogen-bond acceptors (Lipinski definition) is 9. The molecule has 2 N–H and O–H groups in total. The minimum Gasteiger partial charge on any atom is -0.459 e. The first kappa shape index (κ1) is 44.6. The average molecular weight is 835 g/mol. The number of amides is 2. The molecule has 1 unspecified atom stereocenters.